The largest absolute Gasteiger partial charge is 0.336 e. The minimum Gasteiger partial charge on any atom is -0.336 e. The van der Waals surface area contributed by atoms with E-state index in [1.165, 1.54) is 17.1 Å². The van der Waals surface area contributed by atoms with Crippen LogP contribution in [0.5, 0.6) is 0 Å². The molecule has 0 aromatic carbocycles. The van der Waals surface area contributed by atoms with Crippen LogP contribution in [0, 0.1) is 0 Å². The van der Waals surface area contributed by atoms with Gasteiger partial charge in [-0.1, -0.05) is 6.92 Å². The molecular formula is C8H13N3O2S. The molecule has 0 bridgehead atoms. The molecule has 0 radical (unpaired) electrons. The van der Waals surface area contributed by atoms with Gasteiger partial charge in [0, 0.05) is 41.2 Å². The molecule has 1 N–H and O–H groups in total. The van der Waals surface area contributed by atoms with Crippen molar-refractivity contribution in [2.24, 2.45) is 0 Å². The van der Waals surface area contributed by atoms with Crippen molar-refractivity contribution in [1.29, 1.82) is 0 Å². The highest BCUT2D eigenvalue weighted by molar-refractivity contribution is 7.84. The summed E-state index contributed by atoms with van der Waals surface area (Å²) in [7, 11) is -0.830. The Kier molecular flexibility index (Phi) is 4.31. The van der Waals surface area contributed by atoms with Crippen LogP contribution in [0.4, 0.5) is 4.79 Å². The van der Waals surface area contributed by atoms with Crippen molar-refractivity contribution in [3.8, 4) is 0 Å². The molecule has 0 spiro atoms. The first-order chi connectivity index (χ1) is 6.74. The van der Waals surface area contributed by atoms with Crippen LogP contribution in [-0.2, 0) is 10.8 Å². The van der Waals surface area contributed by atoms with Gasteiger partial charge in [-0.15, -0.1) is 0 Å². The molecule has 1 atom stereocenters. The monoisotopic (exact) mass is 215 g/mol. The predicted octanol–water partition coefficient (Wildman–Crippen LogP) is 0.209. The molecule has 0 aliphatic heterocycles. The van der Waals surface area contributed by atoms with Crippen LogP contribution >= 0.6 is 0 Å². The number of rotatable bonds is 4. The van der Waals surface area contributed by atoms with Crippen molar-refractivity contribution in [2.45, 2.75) is 6.92 Å². The number of hydrogen-bond acceptors (Lipinski definition) is 3. The smallest absolute Gasteiger partial charge is 0.326 e. The Labute approximate surface area is 85.0 Å². The minimum absolute atomic E-state index is 0.240. The molecule has 0 saturated carbocycles. The van der Waals surface area contributed by atoms with Crippen LogP contribution in [0.2, 0.25) is 0 Å². The quantitative estimate of drug-likeness (QED) is 0.781. The molecule has 1 aromatic rings. The Balaban J connectivity index is 2.26. The van der Waals surface area contributed by atoms with Gasteiger partial charge in [0.15, 0.2) is 0 Å². The SMILES string of the molecule is CCS(=O)CCNC(=O)n1ccnc1. The van der Waals surface area contributed by atoms with Gasteiger partial charge >= 0.3 is 6.03 Å². The Morgan fingerprint density at radius 2 is 2.43 bits per heavy atom. The zero-order valence-electron chi connectivity index (χ0n) is 7.97. The number of aromatic nitrogens is 2. The second-order valence-electron chi connectivity index (χ2n) is 2.63. The fourth-order valence-corrected chi connectivity index (χ4v) is 1.51. The number of carbonyl (C=O) groups is 1. The Morgan fingerprint density at radius 1 is 1.64 bits per heavy atom. The summed E-state index contributed by atoms with van der Waals surface area (Å²) in [6.45, 7) is 2.28. The standard InChI is InChI=1S/C8H13N3O2S/c1-2-14(13)6-4-10-8(12)11-5-3-9-7-11/h3,5,7H,2,4,6H2,1H3,(H,10,12). The third kappa shape index (κ3) is 3.29. The lowest BCUT2D eigenvalue weighted by Gasteiger charge is -2.03. The molecule has 14 heavy (non-hydrogen) atoms. The molecule has 6 heteroatoms. The topological polar surface area (TPSA) is 64.0 Å². The van der Waals surface area contributed by atoms with Gasteiger partial charge in [-0.2, -0.15) is 0 Å². The lowest BCUT2D eigenvalue weighted by atomic mass is 10.7. The third-order valence-corrected chi connectivity index (χ3v) is 2.97. The van der Waals surface area contributed by atoms with Crippen LogP contribution in [0.1, 0.15) is 6.92 Å². The summed E-state index contributed by atoms with van der Waals surface area (Å²) in [6, 6.07) is -0.240. The Morgan fingerprint density at radius 3 is 3.00 bits per heavy atom. The lowest BCUT2D eigenvalue weighted by molar-refractivity contribution is 0.243. The highest BCUT2D eigenvalue weighted by atomic mass is 32.2. The molecule has 1 amide bonds. The first kappa shape index (κ1) is 10.9. The molecule has 1 heterocycles. The second kappa shape index (κ2) is 5.54. The molecule has 1 rings (SSSR count). The van der Waals surface area contributed by atoms with E-state index in [0.29, 0.717) is 18.1 Å². The Bertz CT molecular complexity index is 310. The van der Waals surface area contributed by atoms with Gasteiger partial charge in [-0.25, -0.2) is 9.78 Å². The summed E-state index contributed by atoms with van der Waals surface area (Å²) < 4.78 is 12.4. The van der Waals surface area contributed by atoms with E-state index in [2.05, 4.69) is 10.3 Å². The first-order valence-corrected chi connectivity index (χ1v) is 5.84. The number of nitrogens with zero attached hydrogens (tertiary/aromatic N) is 2. The maximum Gasteiger partial charge on any atom is 0.326 e. The maximum absolute atomic E-state index is 11.3. The number of amides is 1. The normalized spacial score (nSPS) is 12.4. The molecular weight excluding hydrogens is 202 g/mol. The highest BCUT2D eigenvalue weighted by Crippen LogP contribution is 1.85. The van der Waals surface area contributed by atoms with E-state index in [9.17, 15) is 9.00 Å². The maximum atomic E-state index is 11.3. The molecule has 1 aromatic heterocycles. The van der Waals surface area contributed by atoms with Gasteiger partial charge in [0.05, 0.1) is 0 Å². The van der Waals surface area contributed by atoms with Gasteiger partial charge in [-0.3, -0.25) is 8.78 Å². The zero-order valence-corrected chi connectivity index (χ0v) is 8.79. The summed E-state index contributed by atoms with van der Waals surface area (Å²) in [4.78, 5) is 15.0. The van der Waals surface area contributed by atoms with E-state index in [4.69, 9.17) is 0 Å². The van der Waals surface area contributed by atoms with Crippen molar-refractivity contribution in [3.63, 3.8) is 0 Å². The van der Waals surface area contributed by atoms with Crippen molar-refractivity contribution in [3.05, 3.63) is 18.7 Å². The van der Waals surface area contributed by atoms with Crippen LogP contribution in [-0.4, -0.2) is 37.8 Å². The predicted molar refractivity (Wildman–Crippen MR) is 54.6 cm³/mol. The highest BCUT2D eigenvalue weighted by Gasteiger charge is 2.02. The molecule has 5 nitrogen and oxygen atoms in total. The van der Waals surface area contributed by atoms with E-state index in [1.54, 1.807) is 6.20 Å². The van der Waals surface area contributed by atoms with E-state index in [0.717, 1.165) is 0 Å². The average Bonchev–Trinajstić information content (AvgIpc) is 2.70. The van der Waals surface area contributed by atoms with Crippen LogP contribution in [0.25, 0.3) is 0 Å². The van der Waals surface area contributed by atoms with Crippen LogP contribution in [0.15, 0.2) is 18.7 Å². The number of imidazole rings is 1. The van der Waals surface area contributed by atoms with E-state index < -0.39 is 10.8 Å². The van der Waals surface area contributed by atoms with Gasteiger partial charge in [0.2, 0.25) is 0 Å². The fraction of sp³-hybridized carbons (Fsp3) is 0.500. The van der Waals surface area contributed by atoms with Gasteiger partial charge < -0.3 is 5.32 Å². The molecule has 78 valence electrons. The summed E-state index contributed by atoms with van der Waals surface area (Å²) in [5, 5.41) is 2.64. The fourth-order valence-electron chi connectivity index (χ4n) is 0.887. The number of hydrogen-bond donors (Lipinski definition) is 1. The summed E-state index contributed by atoms with van der Waals surface area (Å²) >= 11 is 0. The first-order valence-electron chi connectivity index (χ1n) is 4.35. The Hall–Kier alpha value is -1.17. The summed E-state index contributed by atoms with van der Waals surface area (Å²) in [5.74, 6) is 1.12. The van der Waals surface area contributed by atoms with Gasteiger partial charge in [-0.05, 0) is 0 Å². The van der Waals surface area contributed by atoms with Crippen LogP contribution in [0.3, 0.4) is 0 Å². The molecule has 0 fully saturated rings. The van der Waals surface area contributed by atoms with Gasteiger partial charge in [0.1, 0.15) is 6.33 Å². The van der Waals surface area contributed by atoms with E-state index in [-0.39, 0.29) is 6.03 Å². The summed E-state index contributed by atoms with van der Waals surface area (Å²) in [6.07, 6.45) is 4.52. The summed E-state index contributed by atoms with van der Waals surface area (Å²) in [5.41, 5.74) is 0. The zero-order chi connectivity index (χ0) is 10.4. The number of carbonyl (C=O) groups excluding carboxylic acids is 1. The van der Waals surface area contributed by atoms with E-state index >= 15 is 0 Å². The molecule has 0 saturated heterocycles. The molecule has 1 unspecified atom stereocenters. The second-order valence-corrected chi connectivity index (χ2v) is 4.50. The van der Waals surface area contributed by atoms with Crippen molar-refractivity contribution in [2.75, 3.05) is 18.1 Å². The molecule has 0 aliphatic rings. The van der Waals surface area contributed by atoms with Crippen molar-refractivity contribution in [1.82, 2.24) is 14.9 Å². The molecule has 0 aliphatic carbocycles. The minimum atomic E-state index is -0.830. The number of nitrogens with one attached hydrogen (secondary N) is 1. The van der Waals surface area contributed by atoms with Crippen molar-refractivity contribution < 1.29 is 9.00 Å². The third-order valence-electron chi connectivity index (χ3n) is 1.67. The lowest BCUT2D eigenvalue weighted by Crippen LogP contribution is -2.31. The van der Waals surface area contributed by atoms with Crippen molar-refractivity contribution >= 4 is 16.8 Å². The van der Waals surface area contributed by atoms with Gasteiger partial charge in [0.25, 0.3) is 0 Å². The average molecular weight is 215 g/mol. The van der Waals surface area contributed by atoms with Crippen LogP contribution < -0.4 is 5.32 Å². The van der Waals surface area contributed by atoms with E-state index in [1.807, 2.05) is 6.92 Å².